The Labute approximate surface area is 191 Å². The maximum atomic E-state index is 12.7. The van der Waals surface area contributed by atoms with E-state index >= 15 is 0 Å². The molecule has 0 aliphatic rings. The zero-order valence-electron chi connectivity index (χ0n) is 19.0. The Kier molecular flexibility index (Phi) is 7.81. The van der Waals surface area contributed by atoms with Crippen LogP contribution < -0.4 is 10.6 Å². The topological polar surface area (TPSA) is 122 Å². The summed E-state index contributed by atoms with van der Waals surface area (Å²) < 4.78 is 31.2. The van der Waals surface area contributed by atoms with Crippen LogP contribution in [0.4, 0.5) is 10.7 Å². The lowest BCUT2D eigenvalue weighted by molar-refractivity contribution is -0.123. The molecule has 0 fully saturated rings. The van der Waals surface area contributed by atoms with Crippen molar-refractivity contribution in [3.05, 3.63) is 39.8 Å². The number of nitrogens with one attached hydrogen (secondary N) is 2. The second-order valence-electron chi connectivity index (χ2n) is 7.47. The average molecular weight is 482 g/mol. The molecular weight excluding hydrogens is 454 g/mol. The van der Waals surface area contributed by atoms with Crippen molar-refractivity contribution < 1.29 is 27.5 Å². The number of esters is 1. The van der Waals surface area contributed by atoms with E-state index < -0.39 is 28.0 Å². The Morgan fingerprint density at radius 1 is 1.09 bits per heavy atom. The molecule has 0 aliphatic carbocycles. The van der Waals surface area contributed by atoms with E-state index in [1.54, 1.807) is 19.9 Å². The monoisotopic (exact) mass is 481 g/mol. The van der Waals surface area contributed by atoms with E-state index in [1.165, 1.54) is 51.4 Å². The minimum absolute atomic E-state index is 0.0253. The third-order valence-electron chi connectivity index (χ3n) is 4.78. The van der Waals surface area contributed by atoms with Gasteiger partial charge in [-0.05, 0) is 51.0 Å². The van der Waals surface area contributed by atoms with Crippen molar-refractivity contribution in [3.8, 4) is 0 Å². The third kappa shape index (κ3) is 5.53. The van der Waals surface area contributed by atoms with Crippen molar-refractivity contribution in [2.45, 2.75) is 45.6 Å². The number of thiophene rings is 1. The highest BCUT2D eigenvalue weighted by Crippen LogP contribution is 2.33. The molecule has 1 aromatic carbocycles. The highest BCUT2D eigenvalue weighted by Gasteiger charge is 2.26. The quantitative estimate of drug-likeness (QED) is 0.586. The number of carbonyl (C=O) groups excluding carboxylic acids is 3. The summed E-state index contributed by atoms with van der Waals surface area (Å²) in [6.07, 6.45) is -1.17. The van der Waals surface area contributed by atoms with Crippen molar-refractivity contribution in [3.63, 3.8) is 0 Å². The molecule has 2 aromatic rings. The Hall–Kier alpha value is -2.76. The van der Waals surface area contributed by atoms with Gasteiger partial charge in [-0.15, -0.1) is 11.3 Å². The molecule has 0 aliphatic heterocycles. The number of hydrogen-bond acceptors (Lipinski definition) is 7. The van der Waals surface area contributed by atoms with Gasteiger partial charge in [0.1, 0.15) is 5.00 Å². The number of sulfonamides is 1. The van der Waals surface area contributed by atoms with Crippen LogP contribution in [-0.2, 0) is 24.3 Å². The summed E-state index contributed by atoms with van der Waals surface area (Å²) in [5.41, 5.74) is 1.81. The first-order chi connectivity index (χ1) is 14.7. The van der Waals surface area contributed by atoms with Crippen LogP contribution in [-0.4, -0.2) is 50.7 Å². The number of rotatable bonds is 7. The predicted octanol–water partition coefficient (Wildman–Crippen LogP) is 3.07. The fourth-order valence-electron chi connectivity index (χ4n) is 2.74. The first kappa shape index (κ1) is 25.5. The van der Waals surface area contributed by atoms with Gasteiger partial charge in [-0.25, -0.2) is 17.5 Å². The van der Waals surface area contributed by atoms with Crippen LogP contribution in [0.5, 0.6) is 0 Å². The van der Waals surface area contributed by atoms with E-state index in [4.69, 9.17) is 4.74 Å². The summed E-state index contributed by atoms with van der Waals surface area (Å²) >= 11 is 1.25. The molecule has 0 bridgehead atoms. The van der Waals surface area contributed by atoms with Crippen LogP contribution in [0.15, 0.2) is 23.1 Å². The molecule has 0 unspecified atom stereocenters. The van der Waals surface area contributed by atoms with E-state index in [-0.39, 0.29) is 16.4 Å². The summed E-state index contributed by atoms with van der Waals surface area (Å²) in [6, 6.07) is 4.40. The van der Waals surface area contributed by atoms with Crippen molar-refractivity contribution in [1.29, 1.82) is 0 Å². The fourth-order valence-corrected chi connectivity index (χ4v) is 4.76. The van der Waals surface area contributed by atoms with E-state index in [0.29, 0.717) is 21.8 Å². The van der Waals surface area contributed by atoms with Crippen molar-refractivity contribution in [2.24, 2.45) is 0 Å². The van der Waals surface area contributed by atoms with E-state index in [9.17, 15) is 22.8 Å². The van der Waals surface area contributed by atoms with Crippen LogP contribution in [0.25, 0.3) is 0 Å². The lowest BCUT2D eigenvalue weighted by Gasteiger charge is -2.17. The molecule has 11 heteroatoms. The van der Waals surface area contributed by atoms with Gasteiger partial charge >= 0.3 is 5.97 Å². The average Bonchev–Trinajstić information content (AvgIpc) is 2.95. The zero-order chi connectivity index (χ0) is 24.4. The molecule has 9 nitrogen and oxygen atoms in total. The highest BCUT2D eigenvalue weighted by atomic mass is 32.2. The van der Waals surface area contributed by atoms with Gasteiger partial charge in [0.15, 0.2) is 6.10 Å². The number of benzene rings is 1. The van der Waals surface area contributed by atoms with E-state index in [2.05, 4.69) is 10.6 Å². The molecule has 174 valence electrons. The van der Waals surface area contributed by atoms with Crippen molar-refractivity contribution in [2.75, 3.05) is 24.7 Å². The van der Waals surface area contributed by atoms with Crippen LogP contribution in [0.1, 0.15) is 40.2 Å². The molecule has 0 saturated heterocycles. The van der Waals surface area contributed by atoms with Gasteiger partial charge in [0, 0.05) is 31.6 Å². The maximum Gasteiger partial charge on any atom is 0.342 e. The number of anilines is 2. The lowest BCUT2D eigenvalue weighted by atomic mass is 10.1. The molecular formula is C21H27N3O6S2. The molecule has 2 N–H and O–H groups in total. The first-order valence-electron chi connectivity index (χ1n) is 9.68. The van der Waals surface area contributed by atoms with Gasteiger partial charge in [0.05, 0.1) is 10.5 Å². The van der Waals surface area contributed by atoms with Gasteiger partial charge in [-0.3, -0.25) is 9.59 Å². The molecule has 2 amide bonds. The minimum atomic E-state index is -3.68. The Morgan fingerprint density at radius 3 is 2.28 bits per heavy atom. The summed E-state index contributed by atoms with van der Waals surface area (Å²) in [7, 11) is -0.851. The largest absolute Gasteiger partial charge is 0.449 e. The Morgan fingerprint density at radius 2 is 1.72 bits per heavy atom. The molecule has 1 atom stereocenters. The minimum Gasteiger partial charge on any atom is -0.449 e. The second kappa shape index (κ2) is 9.80. The maximum absolute atomic E-state index is 12.7. The Balaban J connectivity index is 2.21. The second-order valence-corrected chi connectivity index (χ2v) is 10.8. The van der Waals surface area contributed by atoms with Gasteiger partial charge in [-0.2, -0.15) is 0 Å². The van der Waals surface area contributed by atoms with Gasteiger partial charge in [-0.1, -0.05) is 6.07 Å². The van der Waals surface area contributed by atoms with E-state index in [1.807, 2.05) is 6.92 Å². The van der Waals surface area contributed by atoms with Gasteiger partial charge in [0.25, 0.3) is 5.91 Å². The standard InChI is InChI=1S/C21H27N3O6S2/c1-11-8-9-16(32(28,29)24(6)7)10-17(11)23-19(26)13(3)30-21(27)18-12(2)14(4)31-20(18)22-15(5)25/h8-10,13H,1-7H3,(H,22,25)(H,23,26)/t13-/m0/s1. The van der Waals surface area contributed by atoms with Crippen molar-refractivity contribution >= 4 is 49.8 Å². The van der Waals surface area contributed by atoms with Crippen molar-refractivity contribution in [1.82, 2.24) is 4.31 Å². The number of hydrogen-bond donors (Lipinski definition) is 2. The normalized spacial score (nSPS) is 12.4. The number of ether oxygens (including phenoxy) is 1. The molecule has 0 saturated carbocycles. The smallest absolute Gasteiger partial charge is 0.342 e. The predicted molar refractivity (Wildman–Crippen MR) is 124 cm³/mol. The highest BCUT2D eigenvalue weighted by molar-refractivity contribution is 7.89. The molecule has 2 rings (SSSR count). The molecule has 1 heterocycles. The SMILES string of the molecule is CC(=O)Nc1sc(C)c(C)c1C(=O)O[C@@H](C)C(=O)Nc1cc(S(=O)(=O)N(C)C)ccc1C. The summed E-state index contributed by atoms with van der Waals surface area (Å²) in [5.74, 6) is -1.68. The summed E-state index contributed by atoms with van der Waals surface area (Å²) in [4.78, 5) is 37.7. The molecule has 1 aromatic heterocycles. The summed E-state index contributed by atoms with van der Waals surface area (Å²) in [5, 5.41) is 5.59. The zero-order valence-corrected chi connectivity index (χ0v) is 20.7. The first-order valence-corrected chi connectivity index (χ1v) is 11.9. The molecule has 0 radical (unpaired) electrons. The molecule has 0 spiro atoms. The summed E-state index contributed by atoms with van der Waals surface area (Å²) in [6.45, 7) is 8.02. The Bertz CT molecular complexity index is 1170. The fraction of sp³-hybridized carbons (Fsp3) is 0.381. The van der Waals surface area contributed by atoms with Crippen LogP contribution in [0.2, 0.25) is 0 Å². The third-order valence-corrected chi connectivity index (χ3v) is 7.71. The number of carbonyl (C=O) groups is 3. The van der Waals surface area contributed by atoms with Gasteiger partial charge < -0.3 is 15.4 Å². The number of aryl methyl sites for hydroxylation is 2. The van der Waals surface area contributed by atoms with E-state index in [0.717, 1.165) is 9.18 Å². The van der Waals surface area contributed by atoms with Crippen LogP contribution >= 0.6 is 11.3 Å². The number of nitrogens with zero attached hydrogens (tertiary/aromatic N) is 1. The van der Waals surface area contributed by atoms with Gasteiger partial charge in [0.2, 0.25) is 15.9 Å². The van der Waals surface area contributed by atoms with Crippen LogP contribution in [0, 0.1) is 20.8 Å². The number of amides is 2. The molecule has 32 heavy (non-hydrogen) atoms. The van der Waals surface area contributed by atoms with Crippen LogP contribution in [0.3, 0.4) is 0 Å². The lowest BCUT2D eigenvalue weighted by Crippen LogP contribution is -2.30.